The van der Waals surface area contributed by atoms with E-state index in [1.807, 2.05) is 0 Å². The maximum Gasteiger partial charge on any atom is 0.192 e. The molecule has 0 aromatic rings. The highest BCUT2D eigenvalue weighted by atomic mass is 28.4. The van der Waals surface area contributed by atoms with Crippen LogP contribution < -0.4 is 0 Å². The molecule has 1 fully saturated rings. The Morgan fingerprint density at radius 3 is 1.06 bits per heavy atom. The molecule has 0 aromatic carbocycles. The van der Waals surface area contributed by atoms with Crippen LogP contribution in [0.2, 0.25) is 54.4 Å². The first-order chi connectivity index (χ1) is 13.4. The topological polar surface area (TPSA) is 47.9 Å². The first kappa shape index (κ1) is 29.5. The summed E-state index contributed by atoms with van der Waals surface area (Å²) in [4.78, 5) is 0. The molecule has 0 heterocycles. The van der Waals surface area contributed by atoms with Crippen LogP contribution in [0.4, 0.5) is 0 Å². The Balaban J connectivity index is 3.45. The fourth-order valence-corrected chi connectivity index (χ4v) is 7.16. The average Bonchev–Trinajstić information content (AvgIpc) is 2.69. The quantitative estimate of drug-likeness (QED) is 0.401. The van der Waals surface area contributed by atoms with E-state index in [4.69, 9.17) is 13.3 Å². The summed E-state index contributed by atoms with van der Waals surface area (Å²) in [5.74, 6) is -0.0290. The molecule has 1 N–H and O–H groups in total. The molecule has 186 valence electrons. The van der Waals surface area contributed by atoms with E-state index in [0.717, 1.165) is 0 Å². The Morgan fingerprint density at radius 2 is 0.774 bits per heavy atom. The molecule has 1 rings (SSSR count). The summed E-state index contributed by atoms with van der Waals surface area (Å²) in [6.45, 7) is 36.1. The molecule has 31 heavy (non-hydrogen) atoms. The summed E-state index contributed by atoms with van der Waals surface area (Å²) in [5, 5.41) is 11.6. The zero-order valence-electron chi connectivity index (χ0n) is 23.6. The average molecular weight is 491 g/mol. The van der Waals surface area contributed by atoms with Crippen LogP contribution in [0.5, 0.6) is 0 Å². The van der Waals surface area contributed by atoms with Gasteiger partial charge in [0.1, 0.15) is 0 Å². The normalized spacial score (nSPS) is 29.5. The number of aliphatic hydroxyl groups excluding tert-OH is 1. The smallest absolute Gasteiger partial charge is 0.192 e. The van der Waals surface area contributed by atoms with Crippen molar-refractivity contribution in [3.63, 3.8) is 0 Å². The van der Waals surface area contributed by atoms with E-state index in [0.29, 0.717) is 0 Å². The van der Waals surface area contributed by atoms with E-state index >= 15 is 0 Å². The minimum Gasteiger partial charge on any atom is -0.411 e. The fraction of sp³-hybridized carbons (Fsp3) is 1.00. The number of aliphatic hydroxyl groups is 1. The van der Waals surface area contributed by atoms with E-state index < -0.39 is 31.1 Å². The first-order valence-corrected chi connectivity index (χ1v) is 20.8. The minimum atomic E-state index is -2.10. The molecule has 0 aliphatic heterocycles. The second-order valence-corrected chi connectivity index (χ2v) is 28.6. The van der Waals surface area contributed by atoms with Gasteiger partial charge in [-0.05, 0) is 54.4 Å². The van der Waals surface area contributed by atoms with Crippen LogP contribution in [0.3, 0.4) is 0 Å². The standard InChI is InChI=1S/C24H54O4Si3/c1-17-18(25)20(27-30(13,14)23(5,6)7)21(28-31(15,16)24(8,9)10)19(17)26-29(11,12)22(2,3)4/h17-21,25H,1-16H3/t17-,18-,19-,20-,21-/m0/s1. The lowest BCUT2D eigenvalue weighted by Gasteiger charge is -2.46. The summed E-state index contributed by atoms with van der Waals surface area (Å²) in [6.07, 6.45) is -1.33. The summed E-state index contributed by atoms with van der Waals surface area (Å²) in [7, 11) is -6.24. The molecule has 0 amide bonds. The monoisotopic (exact) mass is 490 g/mol. The highest BCUT2D eigenvalue weighted by molar-refractivity contribution is 6.75. The summed E-state index contributed by atoms with van der Waals surface area (Å²) < 4.78 is 20.8. The summed E-state index contributed by atoms with van der Waals surface area (Å²) >= 11 is 0. The Kier molecular flexibility index (Phi) is 8.51. The second-order valence-electron chi connectivity index (χ2n) is 14.4. The minimum absolute atomic E-state index is 0.0290. The fourth-order valence-electron chi connectivity index (χ4n) is 3.17. The maximum atomic E-state index is 11.4. The van der Waals surface area contributed by atoms with Crippen molar-refractivity contribution in [1.82, 2.24) is 0 Å². The third-order valence-electron chi connectivity index (χ3n) is 8.75. The van der Waals surface area contributed by atoms with Crippen molar-refractivity contribution in [3.05, 3.63) is 0 Å². The number of rotatable bonds is 6. The van der Waals surface area contributed by atoms with Gasteiger partial charge < -0.3 is 18.4 Å². The van der Waals surface area contributed by atoms with Gasteiger partial charge in [-0.1, -0.05) is 69.2 Å². The summed E-state index contributed by atoms with van der Waals surface area (Å²) in [5.41, 5.74) is 0. The van der Waals surface area contributed by atoms with Crippen molar-refractivity contribution in [2.75, 3.05) is 0 Å². The van der Waals surface area contributed by atoms with Crippen LogP contribution in [0.15, 0.2) is 0 Å². The third-order valence-corrected chi connectivity index (χ3v) is 22.2. The molecule has 7 heteroatoms. The van der Waals surface area contributed by atoms with Gasteiger partial charge in [0.25, 0.3) is 0 Å². The van der Waals surface area contributed by atoms with Crippen LogP contribution in [0, 0.1) is 5.92 Å². The van der Waals surface area contributed by atoms with Crippen molar-refractivity contribution in [3.8, 4) is 0 Å². The van der Waals surface area contributed by atoms with Crippen LogP contribution in [0.25, 0.3) is 0 Å². The van der Waals surface area contributed by atoms with Crippen LogP contribution in [-0.4, -0.2) is 54.5 Å². The molecular weight excluding hydrogens is 437 g/mol. The van der Waals surface area contributed by atoms with Gasteiger partial charge in [0, 0.05) is 5.92 Å². The van der Waals surface area contributed by atoms with Crippen molar-refractivity contribution < 1.29 is 18.4 Å². The zero-order valence-corrected chi connectivity index (χ0v) is 26.6. The van der Waals surface area contributed by atoms with Gasteiger partial charge in [0.05, 0.1) is 24.4 Å². The van der Waals surface area contributed by atoms with E-state index in [-0.39, 0.29) is 39.3 Å². The van der Waals surface area contributed by atoms with E-state index in [1.54, 1.807) is 0 Å². The van der Waals surface area contributed by atoms with Crippen LogP contribution >= 0.6 is 0 Å². The number of hydrogen-bond donors (Lipinski definition) is 1. The second kappa shape index (κ2) is 8.93. The largest absolute Gasteiger partial charge is 0.411 e. The predicted molar refractivity (Wildman–Crippen MR) is 141 cm³/mol. The zero-order chi connectivity index (χ0) is 25.0. The molecule has 0 spiro atoms. The van der Waals surface area contributed by atoms with E-state index in [2.05, 4.69) is 109 Å². The Morgan fingerprint density at radius 1 is 0.516 bits per heavy atom. The lowest BCUT2D eigenvalue weighted by Crippen LogP contribution is -2.56. The van der Waals surface area contributed by atoms with Crippen molar-refractivity contribution in [2.24, 2.45) is 5.92 Å². The van der Waals surface area contributed by atoms with Gasteiger partial charge >= 0.3 is 0 Å². The number of hydrogen-bond acceptors (Lipinski definition) is 4. The molecule has 5 atom stereocenters. The molecular formula is C24H54O4Si3. The highest BCUT2D eigenvalue weighted by Gasteiger charge is 2.57. The van der Waals surface area contributed by atoms with Gasteiger partial charge in [-0.2, -0.15) is 0 Å². The van der Waals surface area contributed by atoms with E-state index in [9.17, 15) is 5.11 Å². The molecule has 4 nitrogen and oxygen atoms in total. The molecule has 1 saturated carbocycles. The van der Waals surface area contributed by atoms with Crippen molar-refractivity contribution in [2.45, 2.75) is 148 Å². The first-order valence-electron chi connectivity index (χ1n) is 12.1. The SMILES string of the molecule is C[C@H]1[C@H](O)[C@H](O[Si](C)(C)C(C)(C)C)[C@@H](O[Si](C)(C)C(C)(C)C)[C@H]1O[Si](C)(C)C(C)(C)C. The predicted octanol–water partition coefficient (Wildman–Crippen LogP) is 7.17. The molecule has 0 aromatic heterocycles. The molecule has 1 aliphatic rings. The molecule has 0 radical (unpaired) electrons. The van der Waals surface area contributed by atoms with Gasteiger partial charge in [-0.25, -0.2) is 0 Å². The van der Waals surface area contributed by atoms with Crippen molar-refractivity contribution in [1.29, 1.82) is 0 Å². The van der Waals surface area contributed by atoms with Crippen LogP contribution in [0.1, 0.15) is 69.2 Å². The van der Waals surface area contributed by atoms with Crippen LogP contribution in [-0.2, 0) is 13.3 Å². The third kappa shape index (κ3) is 6.34. The van der Waals surface area contributed by atoms with Gasteiger partial charge in [-0.15, -0.1) is 0 Å². The molecule has 1 aliphatic carbocycles. The van der Waals surface area contributed by atoms with Gasteiger partial charge in [-0.3, -0.25) is 0 Å². The lowest BCUT2D eigenvalue weighted by atomic mass is 10.1. The van der Waals surface area contributed by atoms with Gasteiger partial charge in [0.2, 0.25) is 0 Å². The molecule has 0 saturated heterocycles. The molecule has 0 unspecified atom stereocenters. The summed E-state index contributed by atoms with van der Waals surface area (Å²) in [6, 6.07) is 0. The maximum absolute atomic E-state index is 11.4. The lowest BCUT2D eigenvalue weighted by molar-refractivity contribution is -0.0250. The molecule has 0 bridgehead atoms. The Labute approximate surface area is 197 Å². The van der Waals surface area contributed by atoms with Gasteiger partial charge in [0.15, 0.2) is 25.0 Å². The Hall–Kier alpha value is 0.491. The van der Waals surface area contributed by atoms with E-state index in [1.165, 1.54) is 0 Å². The Bertz CT molecular complexity index is 572. The van der Waals surface area contributed by atoms with Crippen molar-refractivity contribution >= 4 is 25.0 Å². The highest BCUT2D eigenvalue weighted by Crippen LogP contribution is 2.47.